The maximum absolute atomic E-state index is 13.5. The fourth-order valence-corrected chi connectivity index (χ4v) is 2.50. The monoisotopic (exact) mass is 335 g/mol. The van der Waals surface area contributed by atoms with Gasteiger partial charge in [0.1, 0.15) is 0 Å². The van der Waals surface area contributed by atoms with Crippen LogP contribution in [0.25, 0.3) is 0 Å². The molecule has 126 valence electrons. The van der Waals surface area contributed by atoms with E-state index in [9.17, 15) is 9.18 Å². The van der Waals surface area contributed by atoms with Crippen LogP contribution in [0.15, 0.2) is 78.9 Å². The number of para-hydroxylation sites is 2. The maximum atomic E-state index is 13.5. The van der Waals surface area contributed by atoms with Crippen molar-refractivity contribution in [2.45, 2.75) is 6.42 Å². The molecule has 0 aromatic heterocycles. The minimum absolute atomic E-state index is 0.0650. The van der Waals surface area contributed by atoms with Crippen LogP contribution >= 0.6 is 0 Å². The summed E-state index contributed by atoms with van der Waals surface area (Å²) in [5.74, 6) is -0.751. The number of ether oxygens (including phenoxy) is 1. The highest BCUT2D eigenvalue weighted by Gasteiger charge is 2.09. The highest BCUT2D eigenvalue weighted by Crippen LogP contribution is 2.19. The van der Waals surface area contributed by atoms with Crippen molar-refractivity contribution < 1.29 is 13.9 Å². The average molecular weight is 335 g/mol. The Morgan fingerprint density at radius 3 is 2.36 bits per heavy atom. The predicted molar refractivity (Wildman–Crippen MR) is 96.2 cm³/mol. The summed E-state index contributed by atoms with van der Waals surface area (Å²) in [4.78, 5) is 12.1. The number of rotatable bonds is 6. The quantitative estimate of drug-likeness (QED) is 0.723. The molecule has 25 heavy (non-hydrogen) atoms. The Bertz CT molecular complexity index is 849. The van der Waals surface area contributed by atoms with E-state index < -0.39 is 5.82 Å². The molecule has 0 aliphatic heterocycles. The van der Waals surface area contributed by atoms with Gasteiger partial charge < -0.3 is 10.1 Å². The fourth-order valence-electron chi connectivity index (χ4n) is 2.50. The third-order valence-electron chi connectivity index (χ3n) is 3.72. The van der Waals surface area contributed by atoms with Gasteiger partial charge in [0, 0.05) is 5.69 Å². The first kappa shape index (κ1) is 16.7. The van der Waals surface area contributed by atoms with Crippen LogP contribution in [-0.4, -0.2) is 12.5 Å². The number of halogens is 1. The predicted octanol–water partition coefficient (Wildman–Crippen LogP) is 4.43. The molecule has 0 unspecified atom stereocenters. The topological polar surface area (TPSA) is 38.3 Å². The lowest BCUT2D eigenvalue weighted by Gasteiger charge is -2.12. The van der Waals surface area contributed by atoms with Crippen LogP contribution in [0.5, 0.6) is 5.75 Å². The summed E-state index contributed by atoms with van der Waals surface area (Å²) in [7, 11) is 0. The highest BCUT2D eigenvalue weighted by molar-refractivity contribution is 5.92. The Morgan fingerprint density at radius 1 is 0.880 bits per heavy atom. The van der Waals surface area contributed by atoms with Crippen LogP contribution in [0.2, 0.25) is 0 Å². The van der Waals surface area contributed by atoms with Gasteiger partial charge in [0.2, 0.25) is 0 Å². The number of hydrogen-bond donors (Lipinski definition) is 1. The summed E-state index contributed by atoms with van der Waals surface area (Å²) in [6.45, 7) is -0.249. The molecule has 0 atom stereocenters. The Kier molecular flexibility index (Phi) is 5.42. The van der Waals surface area contributed by atoms with Crippen LogP contribution in [-0.2, 0) is 11.2 Å². The van der Waals surface area contributed by atoms with Crippen molar-refractivity contribution in [1.29, 1.82) is 0 Å². The Hall–Kier alpha value is -3.14. The summed E-state index contributed by atoms with van der Waals surface area (Å²) >= 11 is 0. The van der Waals surface area contributed by atoms with E-state index >= 15 is 0 Å². The second-order valence-electron chi connectivity index (χ2n) is 5.59. The van der Waals surface area contributed by atoms with E-state index in [1.54, 1.807) is 12.1 Å². The molecule has 0 bridgehead atoms. The van der Waals surface area contributed by atoms with E-state index in [1.165, 1.54) is 12.1 Å². The molecule has 1 amide bonds. The lowest BCUT2D eigenvalue weighted by Crippen LogP contribution is -2.21. The van der Waals surface area contributed by atoms with Gasteiger partial charge in [-0.25, -0.2) is 4.39 Å². The van der Waals surface area contributed by atoms with Gasteiger partial charge in [-0.2, -0.15) is 0 Å². The molecule has 0 aliphatic carbocycles. The maximum Gasteiger partial charge on any atom is 0.262 e. The van der Waals surface area contributed by atoms with Crippen molar-refractivity contribution in [3.05, 3.63) is 95.8 Å². The van der Waals surface area contributed by atoms with E-state index in [4.69, 9.17) is 4.74 Å². The van der Waals surface area contributed by atoms with Crippen LogP contribution in [0, 0.1) is 5.82 Å². The minimum atomic E-state index is -0.486. The molecule has 0 heterocycles. The number of hydrogen-bond acceptors (Lipinski definition) is 2. The number of carbonyl (C=O) groups excluding carboxylic acids is 1. The van der Waals surface area contributed by atoms with Crippen molar-refractivity contribution in [2.75, 3.05) is 11.9 Å². The molecule has 0 aliphatic rings. The third-order valence-corrected chi connectivity index (χ3v) is 3.72. The Morgan fingerprint density at radius 2 is 1.56 bits per heavy atom. The molecule has 0 saturated heterocycles. The van der Waals surface area contributed by atoms with E-state index in [1.807, 2.05) is 54.6 Å². The molecule has 0 fully saturated rings. The SMILES string of the molecule is O=C(COc1ccccc1F)Nc1ccccc1Cc1ccccc1. The number of anilines is 1. The fraction of sp³-hybridized carbons (Fsp3) is 0.0952. The van der Waals surface area contributed by atoms with E-state index in [-0.39, 0.29) is 18.3 Å². The van der Waals surface area contributed by atoms with Gasteiger partial charge in [0.25, 0.3) is 5.91 Å². The van der Waals surface area contributed by atoms with Crippen molar-refractivity contribution in [1.82, 2.24) is 0 Å². The zero-order chi connectivity index (χ0) is 17.5. The van der Waals surface area contributed by atoms with Gasteiger partial charge in [-0.05, 0) is 35.7 Å². The average Bonchev–Trinajstić information content (AvgIpc) is 2.64. The molecule has 4 heteroatoms. The van der Waals surface area contributed by atoms with Crippen molar-refractivity contribution in [2.24, 2.45) is 0 Å². The molecule has 3 aromatic carbocycles. The smallest absolute Gasteiger partial charge is 0.262 e. The Labute approximate surface area is 146 Å². The molecule has 0 spiro atoms. The summed E-state index contributed by atoms with van der Waals surface area (Å²) in [6, 6.07) is 23.7. The first-order valence-electron chi connectivity index (χ1n) is 8.01. The van der Waals surface area contributed by atoms with Crippen molar-refractivity contribution in [3.63, 3.8) is 0 Å². The summed E-state index contributed by atoms with van der Waals surface area (Å²) in [6.07, 6.45) is 0.714. The molecule has 1 N–H and O–H groups in total. The van der Waals surface area contributed by atoms with Gasteiger partial charge in [-0.15, -0.1) is 0 Å². The third kappa shape index (κ3) is 4.67. The van der Waals surface area contributed by atoms with E-state index in [0.717, 1.165) is 16.8 Å². The lowest BCUT2D eigenvalue weighted by molar-refractivity contribution is -0.118. The molecule has 3 rings (SSSR count). The van der Waals surface area contributed by atoms with E-state index in [2.05, 4.69) is 5.32 Å². The second kappa shape index (κ2) is 8.11. The van der Waals surface area contributed by atoms with Crippen LogP contribution in [0.3, 0.4) is 0 Å². The minimum Gasteiger partial charge on any atom is -0.481 e. The van der Waals surface area contributed by atoms with Gasteiger partial charge in [0.05, 0.1) is 0 Å². The van der Waals surface area contributed by atoms with Gasteiger partial charge in [0.15, 0.2) is 18.2 Å². The number of amides is 1. The molecule has 0 saturated carbocycles. The standard InChI is InChI=1S/C21H18FNO2/c22-18-11-5-7-13-20(18)25-15-21(24)23-19-12-6-4-10-17(19)14-16-8-2-1-3-9-16/h1-13H,14-15H2,(H,23,24). The van der Waals surface area contributed by atoms with Crippen LogP contribution < -0.4 is 10.1 Å². The zero-order valence-corrected chi connectivity index (χ0v) is 13.6. The van der Waals surface area contributed by atoms with E-state index in [0.29, 0.717) is 6.42 Å². The first-order valence-corrected chi connectivity index (χ1v) is 8.01. The highest BCUT2D eigenvalue weighted by atomic mass is 19.1. The molecular weight excluding hydrogens is 317 g/mol. The van der Waals surface area contributed by atoms with Gasteiger partial charge >= 0.3 is 0 Å². The molecule has 0 radical (unpaired) electrons. The first-order chi connectivity index (χ1) is 12.2. The Balaban J connectivity index is 1.64. The largest absolute Gasteiger partial charge is 0.481 e. The van der Waals surface area contributed by atoms with Crippen molar-refractivity contribution in [3.8, 4) is 5.75 Å². The second-order valence-corrected chi connectivity index (χ2v) is 5.59. The van der Waals surface area contributed by atoms with Crippen molar-refractivity contribution >= 4 is 11.6 Å². The number of nitrogens with one attached hydrogen (secondary N) is 1. The van der Waals surface area contributed by atoms with Gasteiger partial charge in [-0.1, -0.05) is 60.7 Å². The number of carbonyl (C=O) groups is 1. The summed E-state index contributed by atoms with van der Waals surface area (Å²) < 4.78 is 18.8. The number of benzene rings is 3. The van der Waals surface area contributed by atoms with Crippen LogP contribution in [0.1, 0.15) is 11.1 Å². The van der Waals surface area contributed by atoms with Gasteiger partial charge in [-0.3, -0.25) is 4.79 Å². The molecule has 3 nitrogen and oxygen atoms in total. The summed E-state index contributed by atoms with van der Waals surface area (Å²) in [5, 5.41) is 2.83. The zero-order valence-electron chi connectivity index (χ0n) is 13.6. The molecular formula is C21H18FNO2. The van der Waals surface area contributed by atoms with Crippen LogP contribution in [0.4, 0.5) is 10.1 Å². The molecule has 3 aromatic rings. The lowest BCUT2D eigenvalue weighted by atomic mass is 10.0. The summed E-state index contributed by atoms with van der Waals surface area (Å²) in [5.41, 5.74) is 2.90. The normalized spacial score (nSPS) is 10.3.